The molecule has 1 amide bonds. The second-order valence-electron chi connectivity index (χ2n) is 9.48. The molecule has 1 aliphatic carbocycles. The molecule has 6 heteroatoms. The van der Waals surface area contributed by atoms with E-state index in [-0.39, 0.29) is 11.9 Å². The highest BCUT2D eigenvalue weighted by Gasteiger charge is 2.41. The van der Waals surface area contributed by atoms with Crippen LogP contribution in [-0.2, 0) is 4.79 Å². The van der Waals surface area contributed by atoms with E-state index in [0.717, 1.165) is 57.7 Å². The first-order chi connectivity index (χ1) is 16.9. The molecule has 35 heavy (non-hydrogen) atoms. The summed E-state index contributed by atoms with van der Waals surface area (Å²) in [4.78, 5) is 21.4. The number of halogens is 1. The lowest BCUT2D eigenvalue weighted by Crippen LogP contribution is -2.44. The Morgan fingerprint density at radius 1 is 1.03 bits per heavy atom. The molecule has 0 unspecified atom stereocenters. The maximum Gasteiger partial charge on any atom is 0.267 e. The topological polar surface area (TPSA) is 37.6 Å². The van der Waals surface area contributed by atoms with Gasteiger partial charge < -0.3 is 4.57 Å². The Morgan fingerprint density at radius 2 is 1.74 bits per heavy atom. The van der Waals surface area contributed by atoms with Crippen molar-refractivity contribution in [2.45, 2.75) is 52.5 Å². The molecule has 2 heterocycles. The number of aliphatic imine (C=N–C) groups is 1. The predicted octanol–water partition coefficient (Wildman–Crippen LogP) is 7.93. The van der Waals surface area contributed by atoms with Gasteiger partial charge in [0.2, 0.25) is 0 Å². The number of aryl methyl sites for hydroxylation is 1. The van der Waals surface area contributed by atoms with Crippen molar-refractivity contribution in [1.29, 1.82) is 0 Å². The van der Waals surface area contributed by atoms with Crippen LogP contribution in [0.1, 0.15) is 49.6 Å². The Kier molecular flexibility index (Phi) is 6.90. The number of nitrogens with zero attached hydrogens (tertiary/aromatic N) is 3. The fraction of sp³-hybridized carbons (Fsp3) is 0.310. The predicted molar refractivity (Wildman–Crippen MR) is 148 cm³/mol. The Hall–Kier alpha value is -2.76. The molecule has 0 spiro atoms. The Labute approximate surface area is 216 Å². The highest BCUT2D eigenvalue weighted by Crippen LogP contribution is 2.40. The van der Waals surface area contributed by atoms with Crippen LogP contribution >= 0.6 is 23.4 Å². The van der Waals surface area contributed by atoms with E-state index in [2.05, 4.69) is 31.4 Å². The Balaban J connectivity index is 1.53. The highest BCUT2D eigenvalue weighted by molar-refractivity contribution is 8.18. The lowest BCUT2D eigenvalue weighted by Gasteiger charge is -2.35. The van der Waals surface area contributed by atoms with E-state index in [1.165, 1.54) is 18.2 Å². The van der Waals surface area contributed by atoms with Gasteiger partial charge in [0.25, 0.3) is 5.91 Å². The molecule has 0 bridgehead atoms. The molecular formula is C29H30ClN3OS. The van der Waals surface area contributed by atoms with Crippen molar-refractivity contribution in [2.24, 2.45) is 10.9 Å². The number of benzene rings is 2. The van der Waals surface area contributed by atoms with Crippen molar-refractivity contribution in [3.05, 3.63) is 87.5 Å². The van der Waals surface area contributed by atoms with Gasteiger partial charge in [-0.3, -0.25) is 9.69 Å². The van der Waals surface area contributed by atoms with Gasteiger partial charge in [-0.05, 0) is 98.5 Å². The molecule has 3 aromatic rings. The van der Waals surface area contributed by atoms with Gasteiger partial charge in [-0.15, -0.1) is 0 Å². The smallest absolute Gasteiger partial charge is 0.267 e. The van der Waals surface area contributed by atoms with E-state index in [1.807, 2.05) is 65.6 Å². The van der Waals surface area contributed by atoms with Gasteiger partial charge in [0, 0.05) is 28.1 Å². The van der Waals surface area contributed by atoms with E-state index >= 15 is 0 Å². The molecule has 1 saturated carbocycles. The van der Waals surface area contributed by atoms with Gasteiger partial charge in [-0.2, -0.15) is 0 Å². The normalized spacial score (nSPS) is 23.0. The van der Waals surface area contributed by atoms with Gasteiger partial charge in [0.05, 0.1) is 10.6 Å². The third-order valence-corrected chi connectivity index (χ3v) is 8.29. The third kappa shape index (κ3) is 4.85. The lowest BCUT2D eigenvalue weighted by atomic mass is 9.85. The zero-order valence-electron chi connectivity index (χ0n) is 20.4. The van der Waals surface area contributed by atoms with E-state index in [4.69, 9.17) is 16.6 Å². The van der Waals surface area contributed by atoms with Crippen LogP contribution in [0.5, 0.6) is 0 Å². The summed E-state index contributed by atoms with van der Waals surface area (Å²) in [5.41, 5.74) is 5.19. The van der Waals surface area contributed by atoms with Crippen LogP contribution < -0.4 is 0 Å². The summed E-state index contributed by atoms with van der Waals surface area (Å²) in [6.07, 6.45) is 6.61. The number of carbonyl (C=O) groups excluding carboxylic acids is 1. The number of amides is 1. The molecule has 2 aromatic carbocycles. The summed E-state index contributed by atoms with van der Waals surface area (Å²) < 4.78 is 2.20. The second-order valence-corrected chi connectivity index (χ2v) is 10.9. The van der Waals surface area contributed by atoms with Crippen molar-refractivity contribution in [2.75, 3.05) is 0 Å². The first kappa shape index (κ1) is 24.0. The average Bonchev–Trinajstić information content (AvgIpc) is 3.30. The largest absolute Gasteiger partial charge is 0.318 e. The molecule has 0 radical (unpaired) electrons. The summed E-state index contributed by atoms with van der Waals surface area (Å²) in [6.45, 7) is 6.45. The zero-order chi connectivity index (χ0) is 24.5. The minimum atomic E-state index is 0.0692. The molecule has 1 aromatic heterocycles. The van der Waals surface area contributed by atoms with Crippen LogP contribution in [-0.4, -0.2) is 26.6 Å². The summed E-state index contributed by atoms with van der Waals surface area (Å²) in [7, 11) is 0. The maximum absolute atomic E-state index is 13.8. The maximum atomic E-state index is 13.8. The lowest BCUT2D eigenvalue weighted by molar-refractivity contribution is -0.124. The number of aromatic nitrogens is 1. The summed E-state index contributed by atoms with van der Waals surface area (Å²) in [5, 5.41) is 1.51. The standard InChI is InChI=1S/C29H30ClN3OS/c1-19-9-7-8-12-26(19)33-28(34)27(35-29(33)31-24-10-5-4-6-11-24)18-22-17-20(2)32(21(22)3)25-15-13-23(30)14-16-25/h4-6,10-11,13-19,26H,7-9,12H2,1-3H3/b27-18-,31-29?/t19-,26+/m0/s1. The van der Waals surface area contributed by atoms with Gasteiger partial charge in [-0.1, -0.05) is 49.6 Å². The van der Waals surface area contributed by atoms with Crippen molar-refractivity contribution < 1.29 is 4.79 Å². The molecule has 5 rings (SSSR count). The number of thioether (sulfide) groups is 1. The van der Waals surface area contributed by atoms with Crippen molar-refractivity contribution in [3.63, 3.8) is 0 Å². The highest BCUT2D eigenvalue weighted by atomic mass is 35.5. The molecule has 2 aliphatic rings. The van der Waals surface area contributed by atoms with Crippen molar-refractivity contribution >= 4 is 46.2 Å². The number of carbonyl (C=O) groups is 1. The molecule has 4 nitrogen and oxygen atoms in total. The Morgan fingerprint density at radius 3 is 2.46 bits per heavy atom. The van der Waals surface area contributed by atoms with Crippen LogP contribution in [0.15, 0.2) is 70.6 Å². The van der Waals surface area contributed by atoms with Crippen LogP contribution in [0.3, 0.4) is 0 Å². The molecule has 1 aliphatic heterocycles. The fourth-order valence-corrected chi connectivity index (χ4v) is 6.37. The SMILES string of the molecule is Cc1cc(/C=C2\SC(=Nc3ccccc3)N([C@@H]3CCCC[C@@H]3C)C2=O)c(C)n1-c1ccc(Cl)cc1. The van der Waals surface area contributed by atoms with E-state index in [0.29, 0.717) is 10.9 Å². The van der Waals surface area contributed by atoms with E-state index in [9.17, 15) is 4.79 Å². The van der Waals surface area contributed by atoms with E-state index < -0.39 is 0 Å². The minimum Gasteiger partial charge on any atom is -0.318 e. The van der Waals surface area contributed by atoms with Gasteiger partial charge in [0.15, 0.2) is 5.17 Å². The number of hydrogen-bond donors (Lipinski definition) is 0. The summed E-state index contributed by atoms with van der Waals surface area (Å²) in [6, 6.07) is 20.1. The van der Waals surface area contributed by atoms with Gasteiger partial charge >= 0.3 is 0 Å². The number of hydrogen-bond acceptors (Lipinski definition) is 3. The average molecular weight is 504 g/mol. The van der Waals surface area contributed by atoms with Gasteiger partial charge in [0.1, 0.15) is 0 Å². The second kappa shape index (κ2) is 10.1. The minimum absolute atomic E-state index is 0.0692. The Bertz CT molecular complexity index is 1290. The quantitative estimate of drug-likeness (QED) is 0.339. The molecule has 2 fully saturated rings. The monoisotopic (exact) mass is 503 g/mol. The van der Waals surface area contributed by atoms with Crippen LogP contribution in [0.2, 0.25) is 5.02 Å². The first-order valence-corrected chi connectivity index (χ1v) is 13.4. The van der Waals surface area contributed by atoms with Gasteiger partial charge in [-0.25, -0.2) is 4.99 Å². The molecule has 1 saturated heterocycles. The van der Waals surface area contributed by atoms with Crippen LogP contribution in [0, 0.1) is 19.8 Å². The molecule has 180 valence electrons. The van der Waals surface area contributed by atoms with Crippen molar-refractivity contribution in [1.82, 2.24) is 9.47 Å². The van der Waals surface area contributed by atoms with Crippen LogP contribution in [0.25, 0.3) is 11.8 Å². The molecule has 0 N–H and O–H groups in total. The van der Waals surface area contributed by atoms with E-state index in [1.54, 1.807) is 0 Å². The molecule has 2 atom stereocenters. The zero-order valence-corrected chi connectivity index (χ0v) is 21.9. The van der Waals surface area contributed by atoms with Crippen LogP contribution in [0.4, 0.5) is 5.69 Å². The summed E-state index contributed by atoms with van der Waals surface area (Å²) >= 11 is 7.59. The number of rotatable bonds is 4. The molecular weight excluding hydrogens is 474 g/mol. The first-order valence-electron chi connectivity index (χ1n) is 12.2. The van der Waals surface area contributed by atoms with Crippen molar-refractivity contribution in [3.8, 4) is 5.69 Å². The number of amidine groups is 1. The fourth-order valence-electron chi connectivity index (χ4n) is 5.21. The third-order valence-electron chi connectivity index (χ3n) is 7.06. The number of para-hydroxylation sites is 1. The summed E-state index contributed by atoms with van der Waals surface area (Å²) in [5.74, 6) is 0.531.